The fraction of sp³-hybridized carbons (Fsp3) is 0.360. The maximum absolute atomic E-state index is 13.2. The molecule has 33 heavy (non-hydrogen) atoms. The molecule has 0 aliphatic carbocycles. The Balaban J connectivity index is 2.02. The number of amides is 1. The number of methoxy groups -OCH3 is 3. The van der Waals surface area contributed by atoms with Crippen LogP contribution < -0.4 is 19.1 Å². The number of hydrogen-bond donors (Lipinski definition) is 0. The second kappa shape index (κ2) is 10.4. The van der Waals surface area contributed by atoms with Crippen LogP contribution in [-0.2, 0) is 17.8 Å². The maximum atomic E-state index is 13.2. The minimum absolute atomic E-state index is 0.0545. The van der Waals surface area contributed by atoms with Crippen LogP contribution in [-0.4, -0.2) is 57.8 Å². The van der Waals surface area contributed by atoms with E-state index in [4.69, 9.17) is 19.2 Å². The van der Waals surface area contributed by atoms with Gasteiger partial charge in [-0.2, -0.15) is 0 Å². The number of carbonyl (C=O) groups is 1. The van der Waals surface area contributed by atoms with E-state index >= 15 is 0 Å². The molecule has 8 heteroatoms. The van der Waals surface area contributed by atoms with Crippen molar-refractivity contribution in [3.8, 4) is 17.2 Å². The molecule has 0 bridgehead atoms. The molecule has 0 N–H and O–H groups in total. The van der Waals surface area contributed by atoms with E-state index in [-0.39, 0.29) is 11.7 Å². The molecule has 0 spiro atoms. The molecule has 0 fully saturated rings. The van der Waals surface area contributed by atoms with Crippen LogP contribution in [0.25, 0.3) is 10.9 Å². The van der Waals surface area contributed by atoms with Gasteiger partial charge >= 0.3 is 0 Å². The first-order valence-electron chi connectivity index (χ1n) is 10.6. The summed E-state index contributed by atoms with van der Waals surface area (Å²) in [4.78, 5) is 21.0. The Morgan fingerprint density at radius 1 is 1.00 bits per heavy atom. The molecule has 0 saturated heterocycles. The topological polar surface area (TPSA) is 64.1 Å². The molecule has 176 valence electrons. The zero-order valence-corrected chi connectivity index (χ0v) is 19.9. The molecular weight excluding hydrogens is 425 g/mol. The van der Waals surface area contributed by atoms with E-state index in [1.54, 1.807) is 45.3 Å². The summed E-state index contributed by atoms with van der Waals surface area (Å²) in [5.74, 6) is 1.94. The summed E-state index contributed by atoms with van der Waals surface area (Å²) >= 11 is 0. The number of ether oxygens (including phenoxy) is 3. The van der Waals surface area contributed by atoms with Gasteiger partial charge in [0.05, 0.1) is 26.8 Å². The number of anilines is 1. The zero-order valence-electron chi connectivity index (χ0n) is 19.9. The number of aromatic nitrogens is 1. The molecule has 0 atom stereocenters. The number of hydrogen-bond acceptors (Lipinski definition) is 6. The average Bonchev–Trinajstić information content (AvgIpc) is 2.80. The van der Waals surface area contributed by atoms with Crippen LogP contribution in [0.1, 0.15) is 18.1 Å². The largest absolute Gasteiger partial charge is 0.493 e. The standard InChI is InChI=1S/C25H30FN3O4/c1-16(30)29(12-11-17-7-9-19(26)10-8-17)15-18-13-20-21(27-25(18)28(2)3)14-22(31-4)24(33-6)23(20)32-5/h7-10,13-14H,11-12,15H2,1-6H3. The highest BCUT2D eigenvalue weighted by molar-refractivity contribution is 5.92. The third kappa shape index (κ3) is 5.27. The minimum atomic E-state index is -0.277. The van der Waals surface area contributed by atoms with Gasteiger partial charge in [-0.3, -0.25) is 4.79 Å². The van der Waals surface area contributed by atoms with Crippen molar-refractivity contribution < 1.29 is 23.4 Å². The van der Waals surface area contributed by atoms with Crippen LogP contribution in [0.2, 0.25) is 0 Å². The molecule has 1 amide bonds. The summed E-state index contributed by atoms with van der Waals surface area (Å²) in [6.07, 6.45) is 0.618. The number of benzene rings is 2. The maximum Gasteiger partial charge on any atom is 0.219 e. The number of carbonyl (C=O) groups excluding carboxylic acids is 1. The van der Waals surface area contributed by atoms with Crippen molar-refractivity contribution in [2.45, 2.75) is 19.9 Å². The quantitative estimate of drug-likeness (QED) is 0.485. The second-order valence-electron chi connectivity index (χ2n) is 7.89. The summed E-state index contributed by atoms with van der Waals surface area (Å²) in [7, 11) is 8.51. The van der Waals surface area contributed by atoms with Crippen LogP contribution in [0, 0.1) is 5.82 Å². The van der Waals surface area contributed by atoms with Crippen molar-refractivity contribution in [1.29, 1.82) is 0 Å². The molecular formula is C25H30FN3O4. The lowest BCUT2D eigenvalue weighted by molar-refractivity contribution is -0.129. The normalized spacial score (nSPS) is 10.8. The summed E-state index contributed by atoms with van der Waals surface area (Å²) in [5.41, 5.74) is 2.52. The Kier molecular flexibility index (Phi) is 7.58. The molecule has 0 unspecified atom stereocenters. The molecule has 2 aromatic carbocycles. The Labute approximate surface area is 193 Å². The van der Waals surface area contributed by atoms with Gasteiger partial charge in [-0.15, -0.1) is 0 Å². The fourth-order valence-corrected chi connectivity index (χ4v) is 3.79. The average molecular weight is 456 g/mol. The number of nitrogens with zero attached hydrogens (tertiary/aromatic N) is 3. The molecule has 0 aliphatic heterocycles. The van der Waals surface area contributed by atoms with E-state index in [1.807, 2.05) is 31.1 Å². The van der Waals surface area contributed by atoms with E-state index in [2.05, 4.69) is 0 Å². The highest BCUT2D eigenvalue weighted by Crippen LogP contribution is 2.44. The molecule has 0 saturated carbocycles. The van der Waals surface area contributed by atoms with Crippen molar-refractivity contribution in [1.82, 2.24) is 9.88 Å². The Morgan fingerprint density at radius 3 is 2.21 bits per heavy atom. The van der Waals surface area contributed by atoms with Crippen molar-refractivity contribution in [3.05, 3.63) is 53.3 Å². The number of rotatable bonds is 9. The Hall–Kier alpha value is -3.55. The van der Waals surface area contributed by atoms with Gasteiger partial charge in [0.1, 0.15) is 11.6 Å². The predicted octanol–water partition coefficient (Wildman–Crippen LogP) is 4.06. The third-order valence-corrected chi connectivity index (χ3v) is 5.49. The monoisotopic (exact) mass is 455 g/mol. The third-order valence-electron chi connectivity index (χ3n) is 5.49. The Morgan fingerprint density at radius 2 is 1.67 bits per heavy atom. The van der Waals surface area contributed by atoms with Crippen LogP contribution >= 0.6 is 0 Å². The Bertz CT molecular complexity index is 1130. The SMILES string of the molecule is COc1cc2nc(N(C)C)c(CN(CCc3ccc(F)cc3)C(C)=O)cc2c(OC)c1OC. The molecule has 0 aliphatic rings. The van der Waals surface area contributed by atoms with Crippen molar-refractivity contribution in [2.24, 2.45) is 0 Å². The van der Waals surface area contributed by atoms with E-state index < -0.39 is 0 Å². The summed E-state index contributed by atoms with van der Waals surface area (Å²) < 4.78 is 29.8. The molecule has 3 rings (SSSR count). The summed E-state index contributed by atoms with van der Waals surface area (Å²) in [6.45, 7) is 2.41. The first-order chi connectivity index (χ1) is 15.8. The van der Waals surface area contributed by atoms with Gasteiger partial charge in [0.25, 0.3) is 0 Å². The molecule has 1 aromatic heterocycles. The number of fused-ring (bicyclic) bond motifs is 1. The molecule has 1 heterocycles. The number of halogens is 1. The summed E-state index contributed by atoms with van der Waals surface area (Å²) in [6, 6.07) is 10.1. The first-order valence-corrected chi connectivity index (χ1v) is 10.6. The van der Waals surface area contributed by atoms with E-state index in [9.17, 15) is 9.18 Å². The van der Waals surface area contributed by atoms with Crippen LogP contribution in [0.15, 0.2) is 36.4 Å². The van der Waals surface area contributed by atoms with Crippen LogP contribution in [0.3, 0.4) is 0 Å². The molecule has 3 aromatic rings. The lowest BCUT2D eigenvalue weighted by atomic mass is 10.1. The van der Waals surface area contributed by atoms with Gasteiger partial charge < -0.3 is 24.0 Å². The van der Waals surface area contributed by atoms with Crippen LogP contribution in [0.4, 0.5) is 10.2 Å². The second-order valence-corrected chi connectivity index (χ2v) is 7.89. The zero-order chi connectivity index (χ0) is 24.1. The molecule has 7 nitrogen and oxygen atoms in total. The minimum Gasteiger partial charge on any atom is -0.493 e. The van der Waals surface area contributed by atoms with Gasteiger partial charge in [-0.1, -0.05) is 12.1 Å². The van der Waals surface area contributed by atoms with Crippen LogP contribution in [0.5, 0.6) is 17.2 Å². The predicted molar refractivity (Wildman–Crippen MR) is 127 cm³/mol. The van der Waals surface area contributed by atoms with Gasteiger partial charge in [0.2, 0.25) is 11.7 Å². The first kappa shape index (κ1) is 24.1. The van der Waals surface area contributed by atoms with E-state index in [0.717, 1.165) is 22.3 Å². The lowest BCUT2D eigenvalue weighted by Crippen LogP contribution is -2.31. The van der Waals surface area contributed by atoms with E-state index in [0.29, 0.717) is 42.3 Å². The fourth-order valence-electron chi connectivity index (χ4n) is 3.79. The lowest BCUT2D eigenvalue weighted by Gasteiger charge is -2.25. The van der Waals surface area contributed by atoms with Crippen molar-refractivity contribution in [2.75, 3.05) is 46.9 Å². The molecule has 0 radical (unpaired) electrons. The number of pyridine rings is 1. The van der Waals surface area contributed by atoms with Crippen molar-refractivity contribution in [3.63, 3.8) is 0 Å². The smallest absolute Gasteiger partial charge is 0.219 e. The van der Waals surface area contributed by atoms with E-state index in [1.165, 1.54) is 12.1 Å². The highest BCUT2D eigenvalue weighted by Gasteiger charge is 2.21. The van der Waals surface area contributed by atoms with Crippen molar-refractivity contribution >= 4 is 22.6 Å². The van der Waals surface area contributed by atoms with Gasteiger partial charge in [-0.05, 0) is 30.2 Å². The summed E-state index contributed by atoms with van der Waals surface area (Å²) in [5, 5.41) is 0.762. The van der Waals surface area contributed by atoms with Gasteiger partial charge in [0, 0.05) is 51.1 Å². The highest BCUT2D eigenvalue weighted by atomic mass is 19.1. The van der Waals surface area contributed by atoms with Gasteiger partial charge in [0.15, 0.2) is 11.5 Å². The van der Waals surface area contributed by atoms with Gasteiger partial charge in [-0.25, -0.2) is 9.37 Å².